The molecule has 7 nitrogen and oxygen atoms in total. The average Bonchev–Trinajstić information content (AvgIpc) is 2.97. The number of esters is 1. The van der Waals surface area contributed by atoms with Crippen LogP contribution in [-0.4, -0.2) is 12.6 Å². The van der Waals surface area contributed by atoms with Crippen molar-refractivity contribution in [3.8, 4) is 29.1 Å². The fraction of sp³-hybridized carbons (Fsp3) is 0.152. The van der Waals surface area contributed by atoms with Gasteiger partial charge in [-0.1, -0.05) is 48.5 Å². The molecule has 0 spiro atoms. The number of benzene rings is 4. The first kappa shape index (κ1) is 27.3. The Balaban J connectivity index is 1.34. The average molecular weight is 551 g/mol. The number of nitrogens with two attached hydrogens (primary N) is 1. The van der Waals surface area contributed by atoms with Crippen LogP contribution in [0.15, 0.2) is 96.4 Å². The van der Waals surface area contributed by atoms with Crippen LogP contribution in [0.1, 0.15) is 33.7 Å². The zero-order valence-electron chi connectivity index (χ0n) is 22.5. The number of hydrogen-bond donors (Lipinski definition) is 1. The molecular weight excluding hydrogens is 523 g/mol. The van der Waals surface area contributed by atoms with Gasteiger partial charge in [-0.3, -0.25) is 0 Å². The Morgan fingerprint density at radius 1 is 0.976 bits per heavy atom. The molecule has 1 unspecified atom stereocenters. The maximum atomic E-state index is 14.0. The van der Waals surface area contributed by atoms with Crippen molar-refractivity contribution in [2.24, 2.45) is 5.73 Å². The SMILES string of the molecule is Cc1cccc(OCC(=O)Oc2ccc3c(c2)OC(N)=C(C#N)C3c2cccc(OCc3ccccc3F)c2)c1C. The van der Waals surface area contributed by atoms with Crippen molar-refractivity contribution in [3.63, 3.8) is 0 Å². The number of halogens is 1. The molecule has 0 aliphatic carbocycles. The van der Waals surface area contributed by atoms with Gasteiger partial charge in [-0.05, 0) is 60.9 Å². The van der Waals surface area contributed by atoms with E-state index in [0.29, 0.717) is 28.4 Å². The molecule has 4 aromatic carbocycles. The minimum absolute atomic E-state index is 0.0471. The fourth-order valence-electron chi connectivity index (χ4n) is 4.58. The number of nitriles is 1. The molecule has 8 heteroatoms. The van der Waals surface area contributed by atoms with Crippen LogP contribution < -0.4 is 24.7 Å². The zero-order valence-corrected chi connectivity index (χ0v) is 22.5. The van der Waals surface area contributed by atoms with Crippen molar-refractivity contribution in [2.45, 2.75) is 26.4 Å². The monoisotopic (exact) mass is 550 g/mol. The second-order valence-corrected chi connectivity index (χ2v) is 9.54. The molecule has 1 aliphatic rings. The number of fused-ring (bicyclic) bond motifs is 1. The van der Waals surface area contributed by atoms with Crippen molar-refractivity contribution >= 4 is 5.97 Å². The fourth-order valence-corrected chi connectivity index (χ4v) is 4.58. The second kappa shape index (κ2) is 11.8. The Morgan fingerprint density at radius 3 is 2.59 bits per heavy atom. The van der Waals surface area contributed by atoms with E-state index in [4.69, 9.17) is 24.7 Å². The van der Waals surface area contributed by atoms with Gasteiger partial charge < -0.3 is 24.7 Å². The predicted octanol–water partition coefficient (Wildman–Crippen LogP) is 6.22. The summed E-state index contributed by atoms with van der Waals surface area (Å²) in [5, 5.41) is 9.91. The van der Waals surface area contributed by atoms with E-state index in [1.807, 2.05) is 32.0 Å². The molecule has 1 heterocycles. The smallest absolute Gasteiger partial charge is 0.349 e. The molecule has 4 aromatic rings. The summed E-state index contributed by atoms with van der Waals surface area (Å²) in [6, 6.07) is 26.3. The van der Waals surface area contributed by atoms with Crippen LogP contribution >= 0.6 is 0 Å². The first-order valence-electron chi connectivity index (χ1n) is 12.9. The van der Waals surface area contributed by atoms with E-state index < -0.39 is 11.9 Å². The van der Waals surface area contributed by atoms with Gasteiger partial charge in [0.15, 0.2) is 6.61 Å². The van der Waals surface area contributed by atoms with Crippen molar-refractivity contribution in [3.05, 3.63) is 130 Å². The molecule has 206 valence electrons. The van der Waals surface area contributed by atoms with Gasteiger partial charge in [-0.25, -0.2) is 9.18 Å². The standard InChI is InChI=1S/C33H27FN2O5/c1-20-7-5-12-29(21(20)2)39-19-31(37)40-25-13-14-26-30(16-25)41-33(36)27(17-35)32(26)22-9-6-10-24(15-22)38-18-23-8-3-4-11-28(23)34/h3-16,32H,18-19,36H2,1-2H3. The quantitative estimate of drug-likeness (QED) is 0.205. The van der Waals surface area contributed by atoms with Crippen LogP contribution in [0.4, 0.5) is 4.39 Å². The molecule has 0 bridgehead atoms. The molecule has 0 aromatic heterocycles. The van der Waals surface area contributed by atoms with Gasteiger partial charge in [0.05, 0.1) is 5.92 Å². The van der Waals surface area contributed by atoms with Gasteiger partial charge >= 0.3 is 5.97 Å². The Hall–Kier alpha value is -5.29. The van der Waals surface area contributed by atoms with Gasteiger partial charge in [-0.15, -0.1) is 0 Å². The van der Waals surface area contributed by atoms with Crippen molar-refractivity contribution in [1.29, 1.82) is 5.26 Å². The molecule has 5 rings (SSSR count). The predicted molar refractivity (Wildman–Crippen MR) is 150 cm³/mol. The molecule has 0 radical (unpaired) electrons. The summed E-state index contributed by atoms with van der Waals surface area (Å²) in [5.74, 6) is 0.168. The van der Waals surface area contributed by atoms with E-state index in [9.17, 15) is 14.4 Å². The number of aryl methyl sites for hydroxylation is 1. The molecule has 0 saturated carbocycles. The molecule has 0 saturated heterocycles. The number of ether oxygens (including phenoxy) is 4. The minimum Gasteiger partial charge on any atom is -0.489 e. The number of carbonyl (C=O) groups excluding carboxylic acids is 1. The lowest BCUT2D eigenvalue weighted by molar-refractivity contribution is -0.136. The molecule has 0 amide bonds. The van der Waals surface area contributed by atoms with Crippen LogP contribution in [-0.2, 0) is 11.4 Å². The highest BCUT2D eigenvalue weighted by atomic mass is 19.1. The van der Waals surface area contributed by atoms with E-state index in [1.54, 1.807) is 60.7 Å². The van der Waals surface area contributed by atoms with Gasteiger partial charge in [0, 0.05) is 17.2 Å². The highest BCUT2D eigenvalue weighted by Crippen LogP contribution is 2.44. The summed E-state index contributed by atoms with van der Waals surface area (Å²) in [6.45, 7) is 3.66. The summed E-state index contributed by atoms with van der Waals surface area (Å²) < 4.78 is 36.8. The molecular formula is C33H27FN2O5. The van der Waals surface area contributed by atoms with Crippen LogP contribution in [0.2, 0.25) is 0 Å². The summed E-state index contributed by atoms with van der Waals surface area (Å²) in [7, 11) is 0. The van der Waals surface area contributed by atoms with Crippen LogP contribution in [0.25, 0.3) is 0 Å². The Bertz CT molecular complexity index is 1690. The number of carbonyl (C=O) groups is 1. The van der Waals surface area contributed by atoms with E-state index in [-0.39, 0.29) is 36.2 Å². The topological polar surface area (TPSA) is 104 Å². The van der Waals surface area contributed by atoms with E-state index in [1.165, 1.54) is 6.07 Å². The van der Waals surface area contributed by atoms with E-state index >= 15 is 0 Å². The normalized spacial score (nSPS) is 14.0. The largest absolute Gasteiger partial charge is 0.489 e. The molecule has 2 N–H and O–H groups in total. The van der Waals surface area contributed by atoms with E-state index in [2.05, 4.69) is 6.07 Å². The first-order valence-corrected chi connectivity index (χ1v) is 12.9. The first-order chi connectivity index (χ1) is 19.8. The Morgan fingerprint density at radius 2 is 1.78 bits per heavy atom. The number of hydrogen-bond acceptors (Lipinski definition) is 7. The van der Waals surface area contributed by atoms with Crippen molar-refractivity contribution < 1.29 is 28.1 Å². The molecule has 1 atom stereocenters. The third-order valence-electron chi connectivity index (χ3n) is 6.87. The Labute approximate surface area is 237 Å². The lowest BCUT2D eigenvalue weighted by Gasteiger charge is -2.27. The summed E-state index contributed by atoms with van der Waals surface area (Å²) >= 11 is 0. The van der Waals surface area contributed by atoms with Crippen molar-refractivity contribution in [2.75, 3.05) is 6.61 Å². The lowest BCUT2D eigenvalue weighted by atomic mass is 9.83. The molecule has 1 aliphatic heterocycles. The summed E-state index contributed by atoms with van der Waals surface area (Å²) in [4.78, 5) is 12.5. The maximum Gasteiger partial charge on any atom is 0.349 e. The third kappa shape index (κ3) is 5.99. The zero-order chi connectivity index (χ0) is 28.9. The van der Waals surface area contributed by atoms with Crippen LogP contribution in [0, 0.1) is 31.0 Å². The highest BCUT2D eigenvalue weighted by Gasteiger charge is 2.31. The minimum atomic E-state index is -0.584. The van der Waals surface area contributed by atoms with Gasteiger partial charge in [0.2, 0.25) is 5.88 Å². The second-order valence-electron chi connectivity index (χ2n) is 9.54. The third-order valence-corrected chi connectivity index (χ3v) is 6.87. The summed E-state index contributed by atoms with van der Waals surface area (Å²) in [5.41, 5.74) is 10.2. The van der Waals surface area contributed by atoms with Gasteiger partial charge in [0.1, 0.15) is 47.1 Å². The summed E-state index contributed by atoms with van der Waals surface area (Å²) in [6.07, 6.45) is 0. The lowest BCUT2D eigenvalue weighted by Crippen LogP contribution is -2.22. The number of allylic oxidation sites excluding steroid dienone is 1. The molecule has 0 fully saturated rings. The van der Waals surface area contributed by atoms with E-state index in [0.717, 1.165) is 16.7 Å². The highest BCUT2D eigenvalue weighted by molar-refractivity contribution is 5.74. The van der Waals surface area contributed by atoms with Gasteiger partial charge in [0.25, 0.3) is 0 Å². The number of rotatable bonds is 8. The number of nitrogens with zero attached hydrogens (tertiary/aromatic N) is 1. The Kier molecular flexibility index (Phi) is 7.88. The van der Waals surface area contributed by atoms with Gasteiger partial charge in [-0.2, -0.15) is 5.26 Å². The molecule has 41 heavy (non-hydrogen) atoms. The maximum absolute atomic E-state index is 14.0. The van der Waals surface area contributed by atoms with Crippen LogP contribution in [0.5, 0.6) is 23.0 Å². The van der Waals surface area contributed by atoms with Crippen LogP contribution in [0.3, 0.4) is 0 Å². The van der Waals surface area contributed by atoms with Crippen molar-refractivity contribution in [1.82, 2.24) is 0 Å².